The third-order valence-corrected chi connectivity index (χ3v) is 5.78. The van der Waals surface area contributed by atoms with Crippen LogP contribution in [0.3, 0.4) is 0 Å². The van der Waals surface area contributed by atoms with Gasteiger partial charge in [0.05, 0.1) is 13.6 Å². The third kappa shape index (κ3) is 5.65. The molecule has 29 heavy (non-hydrogen) atoms. The number of para-hydroxylation sites is 1. The summed E-state index contributed by atoms with van der Waals surface area (Å²) in [7, 11) is 2.22. The van der Waals surface area contributed by atoms with Gasteiger partial charge in [0.25, 0.3) is 0 Å². The Hall–Kier alpha value is -2.70. The second-order valence-electron chi connectivity index (χ2n) is 8.06. The number of likely N-dealkylation sites (N-methyl/N-ethyl adjacent to an activating group) is 1. The number of piperazine rings is 1. The molecule has 2 aromatic rings. The summed E-state index contributed by atoms with van der Waals surface area (Å²) in [6.45, 7) is 8.74. The van der Waals surface area contributed by atoms with Gasteiger partial charge in [-0.3, -0.25) is 9.59 Å². The van der Waals surface area contributed by atoms with Crippen molar-refractivity contribution in [1.82, 2.24) is 5.32 Å². The van der Waals surface area contributed by atoms with E-state index < -0.39 is 11.8 Å². The zero-order valence-corrected chi connectivity index (χ0v) is 17.5. The lowest BCUT2D eigenvalue weighted by atomic mass is 10.0. The first-order chi connectivity index (χ1) is 13.9. The van der Waals surface area contributed by atoms with Gasteiger partial charge in [0.15, 0.2) is 0 Å². The summed E-state index contributed by atoms with van der Waals surface area (Å²) in [5.74, 6) is -1.22. The summed E-state index contributed by atoms with van der Waals surface area (Å²) < 4.78 is 0. The van der Waals surface area contributed by atoms with Gasteiger partial charge in [0.2, 0.25) is 0 Å². The lowest BCUT2D eigenvalue weighted by Gasteiger charge is -2.33. The Balaban J connectivity index is 1.65. The highest BCUT2D eigenvalue weighted by atomic mass is 16.2. The number of anilines is 1. The zero-order valence-electron chi connectivity index (χ0n) is 17.5. The number of rotatable bonds is 5. The minimum absolute atomic E-state index is 0.138. The van der Waals surface area contributed by atoms with Crippen molar-refractivity contribution in [1.29, 1.82) is 0 Å². The van der Waals surface area contributed by atoms with Crippen LogP contribution in [-0.4, -0.2) is 51.6 Å². The molecule has 0 unspecified atom stereocenters. The Kier molecular flexibility index (Phi) is 7.01. The van der Waals surface area contributed by atoms with Crippen LogP contribution in [0.4, 0.5) is 5.69 Å². The summed E-state index contributed by atoms with van der Waals surface area (Å²) in [6.07, 6.45) is 0. The van der Waals surface area contributed by atoms with E-state index in [-0.39, 0.29) is 6.04 Å². The molecular formula is C23H32N4O2+2. The molecule has 0 aliphatic carbocycles. The molecule has 6 nitrogen and oxygen atoms in total. The number of benzene rings is 2. The fourth-order valence-electron chi connectivity index (χ4n) is 3.81. The Morgan fingerprint density at radius 2 is 1.59 bits per heavy atom. The maximum atomic E-state index is 12.4. The van der Waals surface area contributed by atoms with Crippen molar-refractivity contribution in [2.45, 2.75) is 19.9 Å². The van der Waals surface area contributed by atoms with Crippen LogP contribution in [0.25, 0.3) is 0 Å². The minimum Gasteiger partial charge on any atom is -0.341 e. The molecule has 3 rings (SSSR count). The monoisotopic (exact) mass is 396 g/mol. The number of aryl methyl sites for hydroxylation is 2. The molecule has 1 heterocycles. The van der Waals surface area contributed by atoms with E-state index in [1.807, 2.05) is 25.1 Å². The number of carbonyl (C=O) groups is 2. The summed E-state index contributed by atoms with van der Waals surface area (Å²) in [5.41, 5.74) is 4.00. The van der Waals surface area contributed by atoms with E-state index in [0.717, 1.165) is 31.7 Å². The Labute approximate surface area is 172 Å². The minimum atomic E-state index is -0.625. The topological polar surface area (TPSA) is 67.1 Å². The molecule has 1 saturated heterocycles. The van der Waals surface area contributed by atoms with Crippen LogP contribution < -0.4 is 20.4 Å². The smallest absolute Gasteiger partial charge is 0.313 e. The zero-order chi connectivity index (χ0) is 20.8. The molecule has 0 aromatic heterocycles. The lowest BCUT2D eigenvalue weighted by Crippen LogP contribution is -3.27. The van der Waals surface area contributed by atoms with E-state index in [1.165, 1.54) is 20.9 Å². The normalized spacial score (nSPS) is 20.0. The summed E-state index contributed by atoms with van der Waals surface area (Å²) in [4.78, 5) is 27.8. The van der Waals surface area contributed by atoms with Crippen molar-refractivity contribution < 1.29 is 19.4 Å². The Morgan fingerprint density at radius 3 is 2.24 bits per heavy atom. The molecular weight excluding hydrogens is 364 g/mol. The predicted octanol–water partition coefficient (Wildman–Crippen LogP) is -0.487. The molecule has 0 saturated carbocycles. The molecule has 2 aromatic carbocycles. The molecule has 4 N–H and O–H groups in total. The molecule has 2 amide bonds. The first kappa shape index (κ1) is 21.0. The number of nitrogens with one attached hydrogen (secondary N) is 4. The highest BCUT2D eigenvalue weighted by Gasteiger charge is 2.30. The van der Waals surface area contributed by atoms with Crippen LogP contribution in [0.1, 0.15) is 22.7 Å². The molecule has 6 heteroatoms. The van der Waals surface area contributed by atoms with Gasteiger partial charge in [-0.2, -0.15) is 0 Å². The Bertz CT molecular complexity index is 842. The average molecular weight is 397 g/mol. The first-order valence-electron chi connectivity index (χ1n) is 10.3. The van der Waals surface area contributed by atoms with Crippen LogP contribution in [0, 0.1) is 13.8 Å². The fourth-order valence-corrected chi connectivity index (χ4v) is 3.81. The molecule has 0 radical (unpaired) electrons. The summed E-state index contributed by atoms with van der Waals surface area (Å²) in [6, 6.07) is 16.1. The van der Waals surface area contributed by atoms with Crippen molar-refractivity contribution in [2.75, 3.05) is 45.1 Å². The quantitative estimate of drug-likeness (QED) is 0.516. The van der Waals surface area contributed by atoms with Crippen molar-refractivity contribution in [3.8, 4) is 0 Å². The maximum absolute atomic E-state index is 12.4. The second kappa shape index (κ2) is 9.67. The number of hydrogen-bond acceptors (Lipinski definition) is 2. The molecule has 154 valence electrons. The van der Waals surface area contributed by atoms with Gasteiger partial charge < -0.3 is 20.4 Å². The predicted molar refractivity (Wildman–Crippen MR) is 114 cm³/mol. The van der Waals surface area contributed by atoms with Gasteiger partial charge in [-0.05, 0) is 25.5 Å². The second-order valence-corrected chi connectivity index (χ2v) is 8.06. The SMILES string of the molecule is Cc1ccc([C@@H](CNC(=O)C(=O)Nc2ccccc2C)[NH+]2CC[NH+](C)CC2)cc1. The van der Waals surface area contributed by atoms with Gasteiger partial charge >= 0.3 is 11.8 Å². The molecule has 1 atom stereocenters. The van der Waals surface area contributed by atoms with Gasteiger partial charge in [0.1, 0.15) is 32.2 Å². The fraction of sp³-hybridized carbons (Fsp3) is 0.391. The molecule has 1 aliphatic rings. The highest BCUT2D eigenvalue weighted by Crippen LogP contribution is 2.13. The van der Waals surface area contributed by atoms with Crippen molar-refractivity contribution in [2.24, 2.45) is 0 Å². The van der Waals surface area contributed by atoms with Gasteiger partial charge in [-0.25, -0.2) is 0 Å². The van der Waals surface area contributed by atoms with Crippen molar-refractivity contribution >= 4 is 17.5 Å². The average Bonchev–Trinajstić information content (AvgIpc) is 2.72. The van der Waals surface area contributed by atoms with Gasteiger partial charge in [0, 0.05) is 11.3 Å². The standard InChI is InChI=1S/C23H30N4O2/c1-17-8-10-19(11-9-17)21(27-14-12-26(3)13-15-27)16-24-22(28)23(29)25-20-7-5-4-6-18(20)2/h4-11,21H,12-16H2,1-3H3,(H,24,28)(H,25,29)/p+2/t21-/m1/s1. The molecule has 1 fully saturated rings. The number of hydrogen-bond donors (Lipinski definition) is 4. The van der Waals surface area contributed by atoms with E-state index in [0.29, 0.717) is 12.2 Å². The largest absolute Gasteiger partial charge is 0.341 e. The van der Waals surface area contributed by atoms with E-state index in [1.54, 1.807) is 6.07 Å². The highest BCUT2D eigenvalue weighted by molar-refractivity contribution is 6.39. The number of carbonyl (C=O) groups excluding carboxylic acids is 2. The van der Waals surface area contributed by atoms with E-state index in [9.17, 15) is 9.59 Å². The van der Waals surface area contributed by atoms with Crippen LogP contribution in [0.2, 0.25) is 0 Å². The van der Waals surface area contributed by atoms with Crippen LogP contribution in [-0.2, 0) is 9.59 Å². The summed E-state index contributed by atoms with van der Waals surface area (Å²) in [5, 5.41) is 5.57. The van der Waals surface area contributed by atoms with E-state index >= 15 is 0 Å². The van der Waals surface area contributed by atoms with E-state index in [4.69, 9.17) is 0 Å². The van der Waals surface area contributed by atoms with Gasteiger partial charge in [-0.15, -0.1) is 0 Å². The summed E-state index contributed by atoms with van der Waals surface area (Å²) >= 11 is 0. The van der Waals surface area contributed by atoms with Crippen LogP contribution >= 0.6 is 0 Å². The number of amides is 2. The van der Waals surface area contributed by atoms with Gasteiger partial charge in [-0.1, -0.05) is 48.0 Å². The first-order valence-corrected chi connectivity index (χ1v) is 10.3. The van der Waals surface area contributed by atoms with Crippen molar-refractivity contribution in [3.63, 3.8) is 0 Å². The Morgan fingerprint density at radius 1 is 0.931 bits per heavy atom. The maximum Gasteiger partial charge on any atom is 0.313 e. The number of quaternary nitrogens is 2. The molecule has 0 spiro atoms. The molecule has 1 aliphatic heterocycles. The molecule has 0 bridgehead atoms. The van der Waals surface area contributed by atoms with Crippen molar-refractivity contribution in [3.05, 3.63) is 65.2 Å². The van der Waals surface area contributed by atoms with Crippen LogP contribution in [0.5, 0.6) is 0 Å². The van der Waals surface area contributed by atoms with E-state index in [2.05, 4.69) is 48.9 Å². The third-order valence-electron chi connectivity index (χ3n) is 5.78. The van der Waals surface area contributed by atoms with Crippen LogP contribution in [0.15, 0.2) is 48.5 Å². The lowest BCUT2D eigenvalue weighted by molar-refractivity contribution is -1.02.